The fourth-order valence-corrected chi connectivity index (χ4v) is 2.14. The van der Waals surface area contributed by atoms with E-state index in [0.29, 0.717) is 5.56 Å². The van der Waals surface area contributed by atoms with Crippen LogP contribution >= 0.6 is 11.6 Å². The molecule has 19 heavy (non-hydrogen) atoms. The van der Waals surface area contributed by atoms with Crippen LogP contribution in [0.15, 0.2) is 30.3 Å². The Bertz CT molecular complexity index is 623. The Kier molecular flexibility index (Phi) is 3.85. The second-order valence-electron chi connectivity index (χ2n) is 4.47. The van der Waals surface area contributed by atoms with Crippen LogP contribution in [-0.2, 0) is 0 Å². The van der Waals surface area contributed by atoms with E-state index in [4.69, 9.17) is 11.6 Å². The Balaban J connectivity index is 2.47. The van der Waals surface area contributed by atoms with Crippen molar-refractivity contribution in [2.75, 3.05) is 0 Å². The Morgan fingerprint density at radius 2 is 1.58 bits per heavy atom. The van der Waals surface area contributed by atoms with E-state index < -0.39 is 22.8 Å². The van der Waals surface area contributed by atoms with Crippen molar-refractivity contribution in [3.63, 3.8) is 0 Å². The second-order valence-corrected chi connectivity index (χ2v) is 4.91. The van der Waals surface area contributed by atoms with E-state index in [-0.39, 0.29) is 5.56 Å². The monoisotopic (exact) mass is 284 g/mol. The average Bonchev–Trinajstić information content (AvgIpc) is 2.39. The van der Waals surface area contributed by atoms with Gasteiger partial charge in [-0.2, -0.15) is 0 Å². The predicted octanol–water partition coefficient (Wildman–Crippen LogP) is 5.05. The van der Waals surface area contributed by atoms with Crippen LogP contribution in [0.4, 0.5) is 13.2 Å². The summed E-state index contributed by atoms with van der Waals surface area (Å²) in [6.07, 6.45) is 0. The van der Waals surface area contributed by atoms with Crippen LogP contribution in [0.25, 0.3) is 0 Å². The molecule has 2 rings (SSSR count). The van der Waals surface area contributed by atoms with Gasteiger partial charge in [0.2, 0.25) is 0 Å². The molecule has 0 heterocycles. The van der Waals surface area contributed by atoms with Gasteiger partial charge >= 0.3 is 0 Å². The van der Waals surface area contributed by atoms with Gasteiger partial charge in [0.25, 0.3) is 0 Å². The lowest BCUT2D eigenvalue weighted by molar-refractivity contribution is 0.441. The van der Waals surface area contributed by atoms with E-state index in [2.05, 4.69) is 0 Å². The first-order valence-corrected chi connectivity index (χ1v) is 6.20. The van der Waals surface area contributed by atoms with E-state index in [1.165, 1.54) is 6.07 Å². The molecule has 100 valence electrons. The molecule has 0 spiro atoms. The van der Waals surface area contributed by atoms with Crippen LogP contribution in [0.5, 0.6) is 0 Å². The molecule has 0 aromatic heterocycles. The minimum atomic E-state index is -1.49. The van der Waals surface area contributed by atoms with Crippen LogP contribution in [0, 0.1) is 31.3 Å². The lowest BCUT2D eigenvalue weighted by Gasteiger charge is -2.13. The number of rotatable bonds is 2. The highest BCUT2D eigenvalue weighted by molar-refractivity contribution is 6.22. The van der Waals surface area contributed by atoms with Crippen molar-refractivity contribution in [2.24, 2.45) is 0 Å². The minimum Gasteiger partial charge on any atom is -0.204 e. The van der Waals surface area contributed by atoms with E-state index in [1.54, 1.807) is 6.07 Å². The lowest BCUT2D eigenvalue weighted by atomic mass is 9.99. The number of aryl methyl sites for hydroxylation is 2. The normalized spacial score (nSPS) is 12.5. The SMILES string of the molecule is Cc1ccc(C(Cl)c2ccc(F)c(F)c2F)cc1C. The van der Waals surface area contributed by atoms with Crippen molar-refractivity contribution in [3.05, 3.63) is 70.0 Å². The first-order valence-electron chi connectivity index (χ1n) is 5.76. The highest BCUT2D eigenvalue weighted by atomic mass is 35.5. The highest BCUT2D eigenvalue weighted by Gasteiger charge is 2.20. The molecule has 0 bridgehead atoms. The maximum Gasteiger partial charge on any atom is 0.194 e. The molecular weight excluding hydrogens is 273 g/mol. The van der Waals surface area contributed by atoms with Crippen molar-refractivity contribution in [3.8, 4) is 0 Å². The molecule has 0 nitrogen and oxygen atoms in total. The van der Waals surface area contributed by atoms with Crippen molar-refractivity contribution in [1.29, 1.82) is 0 Å². The van der Waals surface area contributed by atoms with E-state index in [1.807, 2.05) is 26.0 Å². The van der Waals surface area contributed by atoms with Gasteiger partial charge in [-0.25, -0.2) is 13.2 Å². The molecule has 0 saturated heterocycles. The molecule has 0 aliphatic carbocycles. The molecule has 2 aromatic rings. The Morgan fingerprint density at radius 1 is 0.895 bits per heavy atom. The van der Waals surface area contributed by atoms with Crippen LogP contribution in [0.2, 0.25) is 0 Å². The van der Waals surface area contributed by atoms with E-state index >= 15 is 0 Å². The summed E-state index contributed by atoms with van der Waals surface area (Å²) < 4.78 is 39.8. The number of halogens is 4. The van der Waals surface area contributed by atoms with Gasteiger partial charge in [-0.3, -0.25) is 0 Å². The lowest BCUT2D eigenvalue weighted by Crippen LogP contribution is -2.02. The summed E-state index contributed by atoms with van der Waals surface area (Å²) in [6, 6.07) is 7.47. The van der Waals surface area contributed by atoms with Crippen LogP contribution in [0.1, 0.15) is 27.6 Å². The molecule has 1 atom stereocenters. The summed E-state index contributed by atoms with van der Waals surface area (Å²) in [7, 11) is 0. The molecule has 0 fully saturated rings. The first kappa shape index (κ1) is 13.9. The van der Waals surface area contributed by atoms with Gasteiger partial charge in [0.15, 0.2) is 17.5 Å². The number of alkyl halides is 1. The summed E-state index contributed by atoms with van der Waals surface area (Å²) in [4.78, 5) is 0. The third kappa shape index (κ3) is 2.61. The summed E-state index contributed by atoms with van der Waals surface area (Å²) >= 11 is 6.16. The van der Waals surface area contributed by atoms with E-state index in [9.17, 15) is 13.2 Å². The van der Waals surface area contributed by atoms with Gasteiger partial charge in [0.05, 0.1) is 5.38 Å². The van der Waals surface area contributed by atoms with Crippen molar-refractivity contribution in [2.45, 2.75) is 19.2 Å². The van der Waals surface area contributed by atoms with Crippen LogP contribution in [-0.4, -0.2) is 0 Å². The zero-order valence-electron chi connectivity index (χ0n) is 10.5. The quantitative estimate of drug-likeness (QED) is 0.535. The van der Waals surface area contributed by atoms with Gasteiger partial charge in [-0.15, -0.1) is 11.6 Å². The summed E-state index contributed by atoms with van der Waals surface area (Å²) in [5.74, 6) is -3.95. The van der Waals surface area contributed by atoms with Gasteiger partial charge in [0.1, 0.15) is 0 Å². The standard InChI is InChI=1S/C15H12ClF3/c1-8-3-4-10(7-9(8)2)13(16)11-5-6-12(17)15(19)14(11)18/h3-7,13H,1-2H3. The fourth-order valence-electron chi connectivity index (χ4n) is 1.84. The Labute approximate surface area is 114 Å². The smallest absolute Gasteiger partial charge is 0.194 e. The predicted molar refractivity (Wildman–Crippen MR) is 69.9 cm³/mol. The molecule has 0 saturated carbocycles. The third-order valence-corrected chi connectivity index (χ3v) is 3.65. The van der Waals surface area contributed by atoms with E-state index in [0.717, 1.165) is 17.2 Å². The second kappa shape index (κ2) is 5.25. The number of hydrogen-bond acceptors (Lipinski definition) is 0. The maximum absolute atomic E-state index is 13.7. The Morgan fingerprint density at radius 3 is 2.21 bits per heavy atom. The molecular formula is C15H12ClF3. The minimum absolute atomic E-state index is 0.0659. The molecule has 2 aromatic carbocycles. The Hall–Kier alpha value is -1.48. The molecule has 4 heteroatoms. The molecule has 0 amide bonds. The molecule has 0 radical (unpaired) electrons. The first-order chi connectivity index (χ1) is 8.91. The summed E-state index contributed by atoms with van der Waals surface area (Å²) in [5, 5.41) is -0.852. The van der Waals surface area contributed by atoms with Gasteiger partial charge in [-0.1, -0.05) is 24.3 Å². The van der Waals surface area contributed by atoms with Crippen molar-refractivity contribution < 1.29 is 13.2 Å². The summed E-state index contributed by atoms with van der Waals surface area (Å²) in [6.45, 7) is 3.85. The maximum atomic E-state index is 13.7. The van der Waals surface area contributed by atoms with Crippen molar-refractivity contribution in [1.82, 2.24) is 0 Å². The van der Waals surface area contributed by atoms with Crippen LogP contribution in [0.3, 0.4) is 0 Å². The largest absolute Gasteiger partial charge is 0.204 e. The topological polar surface area (TPSA) is 0 Å². The molecule has 1 unspecified atom stereocenters. The fraction of sp³-hybridized carbons (Fsp3) is 0.200. The summed E-state index contributed by atoms with van der Waals surface area (Å²) in [5.41, 5.74) is 2.67. The molecule has 0 aliphatic rings. The molecule has 0 aliphatic heterocycles. The van der Waals surface area contributed by atoms with Gasteiger partial charge in [-0.05, 0) is 36.6 Å². The average molecular weight is 285 g/mol. The number of benzene rings is 2. The highest BCUT2D eigenvalue weighted by Crippen LogP contribution is 2.32. The zero-order valence-corrected chi connectivity index (χ0v) is 11.2. The molecule has 0 N–H and O–H groups in total. The number of hydrogen-bond donors (Lipinski definition) is 0. The van der Waals surface area contributed by atoms with Crippen molar-refractivity contribution >= 4 is 11.6 Å². The third-order valence-electron chi connectivity index (χ3n) is 3.16. The van der Waals surface area contributed by atoms with Gasteiger partial charge < -0.3 is 0 Å². The van der Waals surface area contributed by atoms with Gasteiger partial charge in [0, 0.05) is 5.56 Å². The van der Waals surface area contributed by atoms with Crippen LogP contribution < -0.4 is 0 Å². The zero-order chi connectivity index (χ0) is 14.2.